The first kappa shape index (κ1) is 13.4. The monoisotopic (exact) mass is 326 g/mol. The Labute approximate surface area is 128 Å². The largest absolute Gasteiger partial charge is 0.481 e. The van der Waals surface area contributed by atoms with Crippen LogP contribution in [-0.2, 0) is 11.2 Å². The number of hydrogen-bond donors (Lipinski definition) is 1. The fourth-order valence-corrected chi connectivity index (χ4v) is 3.27. The van der Waals surface area contributed by atoms with Crippen LogP contribution in [0.5, 0.6) is 0 Å². The van der Waals surface area contributed by atoms with Gasteiger partial charge in [-0.15, -0.1) is 11.3 Å². The molecule has 20 heavy (non-hydrogen) atoms. The summed E-state index contributed by atoms with van der Waals surface area (Å²) in [6, 6.07) is 5.08. The molecular weight excluding hydrogens is 319 g/mol. The molecular formula is C13H8Cl2N2O2S. The fourth-order valence-electron chi connectivity index (χ4n) is 2.04. The summed E-state index contributed by atoms with van der Waals surface area (Å²) in [5, 5.41) is 11.9. The Morgan fingerprint density at radius 2 is 2.20 bits per heavy atom. The van der Waals surface area contributed by atoms with Crippen LogP contribution in [-0.4, -0.2) is 20.5 Å². The molecule has 0 aliphatic heterocycles. The van der Waals surface area contributed by atoms with Crippen LogP contribution in [0, 0.1) is 0 Å². The second-order valence-corrected chi connectivity index (χ2v) is 5.87. The third-order valence-corrected chi connectivity index (χ3v) is 4.17. The second kappa shape index (κ2) is 5.09. The number of hydrogen-bond acceptors (Lipinski definition) is 3. The third-order valence-electron chi connectivity index (χ3n) is 2.87. The van der Waals surface area contributed by atoms with Crippen LogP contribution < -0.4 is 0 Å². The van der Waals surface area contributed by atoms with Crippen LogP contribution >= 0.6 is 34.5 Å². The lowest BCUT2D eigenvalue weighted by atomic mass is 10.1. The van der Waals surface area contributed by atoms with Crippen molar-refractivity contribution in [2.24, 2.45) is 0 Å². The molecule has 0 aliphatic rings. The van der Waals surface area contributed by atoms with E-state index < -0.39 is 5.97 Å². The van der Waals surface area contributed by atoms with Crippen LogP contribution in [0.4, 0.5) is 0 Å². The summed E-state index contributed by atoms with van der Waals surface area (Å²) in [7, 11) is 0. The zero-order valence-electron chi connectivity index (χ0n) is 10.0. The predicted molar refractivity (Wildman–Crippen MR) is 79.9 cm³/mol. The van der Waals surface area contributed by atoms with E-state index in [9.17, 15) is 4.79 Å². The number of halogens is 2. The van der Waals surface area contributed by atoms with Crippen molar-refractivity contribution in [1.29, 1.82) is 0 Å². The summed E-state index contributed by atoms with van der Waals surface area (Å²) in [4.78, 5) is 16.3. The molecule has 0 bridgehead atoms. The minimum absolute atomic E-state index is 0.119. The van der Waals surface area contributed by atoms with Gasteiger partial charge in [-0.05, 0) is 18.2 Å². The highest BCUT2D eigenvalue weighted by molar-refractivity contribution is 7.15. The highest BCUT2D eigenvalue weighted by atomic mass is 35.5. The molecule has 0 saturated carbocycles. The molecule has 2 heterocycles. The number of carbonyl (C=O) groups is 1. The van der Waals surface area contributed by atoms with Crippen LogP contribution in [0.2, 0.25) is 10.0 Å². The van der Waals surface area contributed by atoms with E-state index in [0.717, 1.165) is 4.96 Å². The Morgan fingerprint density at radius 1 is 1.40 bits per heavy atom. The van der Waals surface area contributed by atoms with Crippen molar-refractivity contribution in [3.8, 4) is 11.3 Å². The Kier molecular flexibility index (Phi) is 3.41. The highest BCUT2D eigenvalue weighted by Crippen LogP contribution is 2.33. The van der Waals surface area contributed by atoms with Gasteiger partial charge in [-0.1, -0.05) is 23.2 Å². The van der Waals surface area contributed by atoms with Gasteiger partial charge in [0.25, 0.3) is 0 Å². The van der Waals surface area contributed by atoms with E-state index in [1.54, 1.807) is 28.8 Å². The number of carboxylic acid groups (broad SMARTS) is 1. The van der Waals surface area contributed by atoms with E-state index in [-0.39, 0.29) is 6.42 Å². The minimum Gasteiger partial charge on any atom is -0.481 e. The molecule has 3 aromatic rings. The van der Waals surface area contributed by atoms with Gasteiger partial charge < -0.3 is 5.11 Å². The van der Waals surface area contributed by atoms with E-state index >= 15 is 0 Å². The third kappa shape index (κ3) is 2.28. The van der Waals surface area contributed by atoms with Crippen LogP contribution in [0.3, 0.4) is 0 Å². The smallest absolute Gasteiger partial charge is 0.309 e. The molecule has 0 saturated heterocycles. The summed E-state index contributed by atoms with van der Waals surface area (Å²) >= 11 is 13.5. The Morgan fingerprint density at radius 3 is 2.90 bits per heavy atom. The van der Waals surface area contributed by atoms with Crippen LogP contribution in [0.15, 0.2) is 29.8 Å². The molecule has 3 rings (SSSR count). The number of aliphatic carboxylic acids is 1. The first-order valence-electron chi connectivity index (χ1n) is 5.68. The topological polar surface area (TPSA) is 54.6 Å². The van der Waals surface area contributed by atoms with Gasteiger partial charge in [0.2, 0.25) is 0 Å². The first-order chi connectivity index (χ1) is 9.56. The Balaban J connectivity index is 2.24. The standard InChI is InChI=1S/C13H8Cl2N2O2S/c14-7-1-2-8(9(15)5-7)12-10(6-11(18)19)17-3-4-20-13(17)16-12/h1-5H,6H2,(H,18,19). The number of fused-ring (bicyclic) bond motifs is 1. The number of benzene rings is 1. The van der Waals surface area contributed by atoms with Crippen LogP contribution in [0.1, 0.15) is 5.69 Å². The molecule has 4 nitrogen and oxygen atoms in total. The van der Waals surface area contributed by atoms with E-state index in [0.29, 0.717) is 27.0 Å². The molecule has 0 atom stereocenters. The van der Waals surface area contributed by atoms with Gasteiger partial charge in [0.15, 0.2) is 4.96 Å². The Hall–Kier alpha value is -1.56. The SMILES string of the molecule is O=C(O)Cc1c(-c2ccc(Cl)cc2Cl)nc2sccn12. The lowest BCUT2D eigenvalue weighted by Crippen LogP contribution is -2.04. The van der Waals surface area contributed by atoms with Crippen molar-refractivity contribution in [2.75, 3.05) is 0 Å². The quantitative estimate of drug-likeness (QED) is 0.791. The van der Waals surface area contributed by atoms with E-state index in [4.69, 9.17) is 28.3 Å². The van der Waals surface area contributed by atoms with Gasteiger partial charge in [-0.3, -0.25) is 9.20 Å². The zero-order chi connectivity index (χ0) is 14.3. The van der Waals surface area contributed by atoms with Gasteiger partial charge in [-0.2, -0.15) is 0 Å². The number of imidazole rings is 1. The molecule has 7 heteroatoms. The van der Waals surface area contributed by atoms with Gasteiger partial charge in [0.1, 0.15) is 0 Å². The van der Waals surface area contributed by atoms with E-state index in [1.807, 2.05) is 5.38 Å². The molecule has 1 N–H and O–H groups in total. The number of rotatable bonds is 3. The zero-order valence-corrected chi connectivity index (χ0v) is 12.3. The summed E-state index contributed by atoms with van der Waals surface area (Å²) in [6.07, 6.45) is 1.69. The molecule has 0 amide bonds. The van der Waals surface area contributed by atoms with E-state index in [2.05, 4.69) is 4.98 Å². The molecule has 102 valence electrons. The van der Waals surface area contributed by atoms with Gasteiger partial charge >= 0.3 is 5.97 Å². The summed E-state index contributed by atoms with van der Waals surface area (Å²) in [5.41, 5.74) is 1.88. The first-order valence-corrected chi connectivity index (χ1v) is 7.31. The number of nitrogens with zero attached hydrogens (tertiary/aromatic N) is 2. The highest BCUT2D eigenvalue weighted by Gasteiger charge is 2.19. The molecule has 0 fully saturated rings. The molecule has 0 radical (unpaired) electrons. The molecule has 0 spiro atoms. The summed E-state index contributed by atoms with van der Waals surface area (Å²) in [5.74, 6) is -0.913. The summed E-state index contributed by atoms with van der Waals surface area (Å²) in [6.45, 7) is 0. The van der Waals surface area contributed by atoms with Crippen molar-refractivity contribution in [2.45, 2.75) is 6.42 Å². The minimum atomic E-state index is -0.913. The molecule has 0 unspecified atom stereocenters. The van der Waals surface area contributed by atoms with Gasteiger partial charge in [0, 0.05) is 22.2 Å². The normalized spacial score (nSPS) is 11.1. The number of carboxylic acids is 1. The average Bonchev–Trinajstić information content (AvgIpc) is 2.92. The molecule has 0 aliphatic carbocycles. The lowest BCUT2D eigenvalue weighted by Gasteiger charge is -2.04. The van der Waals surface area contributed by atoms with Gasteiger partial charge in [-0.25, -0.2) is 4.98 Å². The predicted octanol–water partition coefficient (Wildman–Crippen LogP) is 4.00. The Bertz CT molecular complexity index is 810. The van der Waals surface area contributed by atoms with Gasteiger partial charge in [0.05, 0.1) is 22.8 Å². The number of aromatic nitrogens is 2. The maximum Gasteiger partial charge on any atom is 0.309 e. The van der Waals surface area contributed by atoms with Crippen molar-refractivity contribution in [3.05, 3.63) is 45.5 Å². The van der Waals surface area contributed by atoms with Crippen molar-refractivity contribution in [3.63, 3.8) is 0 Å². The average molecular weight is 327 g/mol. The van der Waals surface area contributed by atoms with Crippen molar-refractivity contribution < 1.29 is 9.90 Å². The maximum atomic E-state index is 11.1. The molecule has 2 aromatic heterocycles. The summed E-state index contributed by atoms with van der Waals surface area (Å²) < 4.78 is 1.78. The lowest BCUT2D eigenvalue weighted by molar-refractivity contribution is -0.136. The van der Waals surface area contributed by atoms with Crippen molar-refractivity contribution >= 4 is 45.5 Å². The van der Waals surface area contributed by atoms with Crippen molar-refractivity contribution in [1.82, 2.24) is 9.38 Å². The maximum absolute atomic E-state index is 11.1. The second-order valence-electron chi connectivity index (χ2n) is 4.16. The van der Waals surface area contributed by atoms with Crippen LogP contribution in [0.25, 0.3) is 16.2 Å². The van der Waals surface area contributed by atoms with E-state index in [1.165, 1.54) is 11.3 Å². The number of thiazole rings is 1. The molecule has 1 aromatic carbocycles. The fraction of sp³-hybridized carbons (Fsp3) is 0.0769.